The number of unbranched alkanes of at least 4 members (excludes halogenated alkanes) is 19. The lowest BCUT2D eigenvalue weighted by molar-refractivity contribution is -0.145. The maximum Gasteiger partial charge on any atom is 0.306 e. The molecule has 1 atom stereocenters. The summed E-state index contributed by atoms with van der Waals surface area (Å²) in [5.41, 5.74) is 0.798. The lowest BCUT2D eigenvalue weighted by atomic mass is 9.87. The minimum atomic E-state index is -0.428. The average molecular weight is 832 g/mol. The third-order valence-electron chi connectivity index (χ3n) is 13.1. The molecule has 2 aromatic rings. The van der Waals surface area contributed by atoms with E-state index in [9.17, 15) is 14.4 Å². The van der Waals surface area contributed by atoms with Crippen molar-refractivity contribution in [2.75, 3.05) is 38.6 Å². The quantitative estimate of drug-likeness (QED) is 0.0544. The zero-order chi connectivity index (χ0) is 43.0. The minimum absolute atomic E-state index is 0.0104. The number of carbonyl (C=O) groups is 3. The Morgan fingerprint density at radius 3 is 1.75 bits per heavy atom. The molecular formula is C53H89N3O4. The fraction of sp³-hybridized carbons (Fsp3) is 0.755. The number of ether oxygens (including phenoxy) is 1. The van der Waals surface area contributed by atoms with Crippen molar-refractivity contribution < 1.29 is 19.1 Å². The highest BCUT2D eigenvalue weighted by Crippen LogP contribution is 2.29. The lowest BCUT2D eigenvalue weighted by Crippen LogP contribution is -2.52. The highest BCUT2D eigenvalue weighted by molar-refractivity contribution is 5.97. The van der Waals surface area contributed by atoms with Crippen molar-refractivity contribution in [3.05, 3.63) is 42.5 Å². The van der Waals surface area contributed by atoms with Crippen molar-refractivity contribution in [2.24, 2.45) is 5.92 Å². The van der Waals surface area contributed by atoms with Gasteiger partial charge >= 0.3 is 5.97 Å². The molecule has 1 saturated heterocycles. The molecule has 0 radical (unpaired) electrons. The maximum atomic E-state index is 14.8. The Labute approximate surface area is 367 Å². The molecular weight excluding hydrogens is 743 g/mol. The molecule has 1 aliphatic rings. The molecule has 1 fully saturated rings. The zero-order valence-electron chi connectivity index (χ0n) is 39.1. The summed E-state index contributed by atoms with van der Waals surface area (Å²) in [6, 6.07) is 14.1. The standard InChI is InChI=1S/C53H89N3O4/c1-5-8-11-14-17-18-19-20-23-28-41-60-52(58)36-35-50(57)44-56(49(31-24-21-15-12-9-6-2)32-25-22-16-13-10-7-3)51(42-45-37-39-55(4)40-38-45)53(59)54-48-34-33-46-29-26-27-30-47(46)43-48/h26-27,29-30,33-34,43,45,49,51H,5-25,28,31-32,35-42,44H2,1-4H3,(H,54,59). The van der Waals surface area contributed by atoms with E-state index in [0.29, 0.717) is 12.5 Å². The predicted octanol–water partition coefficient (Wildman–Crippen LogP) is 13.9. The van der Waals surface area contributed by atoms with E-state index in [-0.39, 0.29) is 43.1 Å². The van der Waals surface area contributed by atoms with E-state index >= 15 is 0 Å². The van der Waals surface area contributed by atoms with Crippen LogP contribution in [-0.2, 0) is 19.1 Å². The van der Waals surface area contributed by atoms with Crippen LogP contribution in [0.15, 0.2) is 42.5 Å². The number of hydrogen-bond donors (Lipinski definition) is 1. The topological polar surface area (TPSA) is 79.0 Å². The molecule has 60 heavy (non-hydrogen) atoms. The van der Waals surface area contributed by atoms with E-state index in [1.807, 2.05) is 18.2 Å². The second-order valence-electron chi connectivity index (χ2n) is 18.4. The molecule has 1 N–H and O–H groups in total. The van der Waals surface area contributed by atoms with Gasteiger partial charge in [-0.25, -0.2) is 0 Å². The largest absolute Gasteiger partial charge is 0.466 e. The molecule has 340 valence electrons. The van der Waals surface area contributed by atoms with Crippen molar-refractivity contribution in [1.82, 2.24) is 9.80 Å². The van der Waals surface area contributed by atoms with E-state index in [1.54, 1.807) is 0 Å². The number of nitrogens with zero attached hydrogens (tertiary/aromatic N) is 2. The van der Waals surface area contributed by atoms with Gasteiger partial charge in [-0.1, -0.05) is 186 Å². The van der Waals surface area contributed by atoms with E-state index in [1.165, 1.54) is 116 Å². The minimum Gasteiger partial charge on any atom is -0.466 e. The molecule has 7 nitrogen and oxygen atoms in total. The smallest absolute Gasteiger partial charge is 0.306 e. The number of Topliss-reactive ketones (excluding diaryl/α,β-unsaturated/α-hetero) is 1. The Hall–Kier alpha value is -2.77. The van der Waals surface area contributed by atoms with Crippen molar-refractivity contribution in [3.63, 3.8) is 0 Å². The van der Waals surface area contributed by atoms with Crippen LogP contribution in [-0.4, -0.2) is 72.8 Å². The number of likely N-dealkylation sites (tertiary alicyclic amines) is 1. The first-order valence-electron chi connectivity index (χ1n) is 25.3. The fourth-order valence-corrected chi connectivity index (χ4v) is 9.16. The van der Waals surface area contributed by atoms with Gasteiger partial charge in [0, 0.05) is 18.2 Å². The molecule has 0 aliphatic carbocycles. The summed E-state index contributed by atoms with van der Waals surface area (Å²) >= 11 is 0. The summed E-state index contributed by atoms with van der Waals surface area (Å²) in [6.07, 6.45) is 32.0. The molecule has 3 rings (SSSR count). The Morgan fingerprint density at radius 2 is 1.18 bits per heavy atom. The van der Waals surface area contributed by atoms with Gasteiger partial charge in [0.05, 0.1) is 25.6 Å². The molecule has 0 bridgehead atoms. The molecule has 0 saturated carbocycles. The van der Waals surface area contributed by atoms with Gasteiger partial charge in [0.15, 0.2) is 0 Å². The molecule has 7 heteroatoms. The highest BCUT2D eigenvalue weighted by atomic mass is 16.5. The van der Waals surface area contributed by atoms with Crippen molar-refractivity contribution in [2.45, 2.75) is 219 Å². The number of rotatable bonds is 36. The average Bonchev–Trinajstić information content (AvgIpc) is 3.25. The van der Waals surface area contributed by atoms with Gasteiger partial charge in [-0.05, 0) is 87.5 Å². The number of piperidine rings is 1. The molecule has 1 unspecified atom stereocenters. The molecule has 1 heterocycles. The van der Waals surface area contributed by atoms with E-state index in [0.717, 1.165) is 87.3 Å². The van der Waals surface area contributed by atoms with E-state index < -0.39 is 6.04 Å². The first-order chi connectivity index (χ1) is 29.3. The van der Waals surface area contributed by atoms with Crippen LogP contribution in [0.1, 0.15) is 207 Å². The van der Waals surface area contributed by atoms with E-state index in [4.69, 9.17) is 4.74 Å². The van der Waals surface area contributed by atoms with Crippen molar-refractivity contribution >= 4 is 34.1 Å². The van der Waals surface area contributed by atoms with Crippen LogP contribution in [0, 0.1) is 5.92 Å². The second-order valence-corrected chi connectivity index (χ2v) is 18.4. The van der Waals surface area contributed by atoms with Gasteiger partial charge < -0.3 is 15.0 Å². The Balaban J connectivity index is 1.75. The van der Waals surface area contributed by atoms with Gasteiger partial charge in [-0.15, -0.1) is 0 Å². The second kappa shape index (κ2) is 32.9. The molecule has 2 aromatic carbocycles. The summed E-state index contributed by atoms with van der Waals surface area (Å²) in [5.74, 6) is 0.159. The number of benzene rings is 2. The van der Waals surface area contributed by atoms with Crippen LogP contribution >= 0.6 is 0 Å². The number of esters is 1. The van der Waals surface area contributed by atoms with Gasteiger partial charge in [-0.3, -0.25) is 19.3 Å². The lowest BCUT2D eigenvalue weighted by Gasteiger charge is -2.40. The van der Waals surface area contributed by atoms with Gasteiger partial charge in [0.25, 0.3) is 0 Å². The Bertz CT molecular complexity index is 1410. The Kier molecular flexibility index (Phi) is 28.3. The predicted molar refractivity (Wildman–Crippen MR) is 255 cm³/mol. The van der Waals surface area contributed by atoms with Gasteiger partial charge in [-0.2, -0.15) is 0 Å². The first-order valence-corrected chi connectivity index (χ1v) is 25.3. The van der Waals surface area contributed by atoms with Crippen LogP contribution in [0.5, 0.6) is 0 Å². The summed E-state index contributed by atoms with van der Waals surface area (Å²) in [5, 5.41) is 5.59. The summed E-state index contributed by atoms with van der Waals surface area (Å²) in [4.78, 5) is 46.5. The number of nitrogens with one attached hydrogen (secondary N) is 1. The van der Waals surface area contributed by atoms with Crippen LogP contribution in [0.2, 0.25) is 0 Å². The van der Waals surface area contributed by atoms with Crippen LogP contribution in [0.4, 0.5) is 5.69 Å². The molecule has 1 aliphatic heterocycles. The van der Waals surface area contributed by atoms with Crippen LogP contribution in [0.3, 0.4) is 0 Å². The summed E-state index contributed by atoms with van der Waals surface area (Å²) in [7, 11) is 2.18. The normalized spacial score (nSPS) is 14.3. The number of hydrogen-bond acceptors (Lipinski definition) is 6. The number of amides is 1. The third-order valence-corrected chi connectivity index (χ3v) is 13.1. The van der Waals surface area contributed by atoms with Crippen LogP contribution < -0.4 is 5.32 Å². The fourth-order valence-electron chi connectivity index (χ4n) is 9.16. The number of anilines is 1. The zero-order valence-corrected chi connectivity index (χ0v) is 39.1. The monoisotopic (exact) mass is 832 g/mol. The number of carbonyl (C=O) groups excluding carboxylic acids is 3. The maximum absolute atomic E-state index is 14.8. The first kappa shape index (κ1) is 51.6. The Morgan fingerprint density at radius 1 is 0.667 bits per heavy atom. The SMILES string of the molecule is CCCCCCCCCCCCOC(=O)CCC(=O)CN(C(CCCCCCCC)CCCCCCCC)C(CC1CCN(C)CC1)C(=O)Nc1ccc2ccccc2c1. The molecule has 0 aromatic heterocycles. The van der Waals surface area contributed by atoms with Gasteiger partial charge in [0.1, 0.15) is 5.78 Å². The molecule has 0 spiro atoms. The summed E-state index contributed by atoms with van der Waals surface area (Å²) in [6.45, 7) is 9.47. The molecule has 1 amide bonds. The third kappa shape index (κ3) is 22.4. The number of fused-ring (bicyclic) bond motifs is 1. The van der Waals surface area contributed by atoms with Crippen LogP contribution in [0.25, 0.3) is 10.8 Å². The summed E-state index contributed by atoms with van der Waals surface area (Å²) < 4.78 is 5.62. The van der Waals surface area contributed by atoms with E-state index in [2.05, 4.69) is 67.2 Å². The van der Waals surface area contributed by atoms with Gasteiger partial charge in [0.2, 0.25) is 5.91 Å². The highest BCUT2D eigenvalue weighted by Gasteiger charge is 2.35. The van der Waals surface area contributed by atoms with Crippen molar-refractivity contribution in [3.8, 4) is 0 Å². The number of ketones is 1. The van der Waals surface area contributed by atoms with Crippen molar-refractivity contribution in [1.29, 1.82) is 0 Å².